The van der Waals surface area contributed by atoms with Crippen molar-refractivity contribution in [2.45, 2.75) is 13.8 Å². The van der Waals surface area contributed by atoms with E-state index in [1.54, 1.807) is 41.6 Å². The average molecular weight is 423 g/mol. The Morgan fingerprint density at radius 3 is 2.50 bits per heavy atom. The predicted octanol–water partition coefficient (Wildman–Crippen LogP) is 3.98. The van der Waals surface area contributed by atoms with E-state index >= 15 is 0 Å². The van der Waals surface area contributed by atoms with Gasteiger partial charge in [0.15, 0.2) is 5.69 Å². The third-order valence-corrected chi connectivity index (χ3v) is 4.77. The second kappa shape index (κ2) is 8.00. The number of anilines is 1. The maximum Gasteiger partial charge on any atom is 0.279 e. The Hall–Kier alpha value is -3.65. The normalized spacial score (nSPS) is 10.8. The van der Waals surface area contributed by atoms with Gasteiger partial charge in [-0.2, -0.15) is 5.10 Å². The fourth-order valence-corrected chi connectivity index (χ4v) is 3.28. The number of aryl methyl sites for hydroxylation is 1. The first-order valence-corrected chi connectivity index (χ1v) is 9.55. The second-order valence-electron chi connectivity index (χ2n) is 6.65. The minimum atomic E-state index is -0.384. The zero-order valence-electron chi connectivity index (χ0n) is 16.6. The molecule has 0 radical (unpaired) electrons. The Morgan fingerprint density at radius 1 is 1.03 bits per heavy atom. The molecule has 2 heterocycles. The second-order valence-corrected chi connectivity index (χ2v) is 7.09. The number of nitrogens with zero attached hydrogens (tertiary/aromatic N) is 5. The molecule has 4 rings (SSSR count). The van der Waals surface area contributed by atoms with Gasteiger partial charge in [-0.05, 0) is 44.2 Å². The zero-order valence-corrected chi connectivity index (χ0v) is 17.4. The molecule has 0 bridgehead atoms. The van der Waals surface area contributed by atoms with Gasteiger partial charge >= 0.3 is 0 Å². The van der Waals surface area contributed by atoms with Crippen molar-refractivity contribution in [2.24, 2.45) is 0 Å². The average Bonchev–Trinajstić information content (AvgIpc) is 3.30. The van der Waals surface area contributed by atoms with Crippen molar-refractivity contribution in [3.8, 4) is 17.1 Å². The molecule has 4 aromatic rings. The highest BCUT2D eigenvalue weighted by molar-refractivity contribution is 6.30. The van der Waals surface area contributed by atoms with Crippen molar-refractivity contribution in [2.75, 3.05) is 12.4 Å². The molecule has 152 valence electrons. The van der Waals surface area contributed by atoms with Crippen LogP contribution in [0.1, 0.15) is 21.9 Å². The first-order valence-electron chi connectivity index (χ1n) is 9.17. The van der Waals surface area contributed by atoms with E-state index in [1.165, 1.54) is 0 Å². The van der Waals surface area contributed by atoms with Crippen LogP contribution in [0.5, 0.6) is 5.75 Å². The lowest BCUT2D eigenvalue weighted by molar-refractivity contribution is 0.102. The van der Waals surface area contributed by atoms with Crippen LogP contribution in [0, 0.1) is 13.8 Å². The summed E-state index contributed by atoms with van der Waals surface area (Å²) in [5, 5.41) is 16.1. The number of amides is 1. The number of hydrogen-bond donors (Lipinski definition) is 1. The lowest BCUT2D eigenvalue weighted by Crippen LogP contribution is -2.17. The van der Waals surface area contributed by atoms with Crippen LogP contribution in [0.4, 0.5) is 5.82 Å². The van der Waals surface area contributed by atoms with Gasteiger partial charge in [0, 0.05) is 17.2 Å². The third-order valence-electron chi connectivity index (χ3n) is 4.53. The fourth-order valence-electron chi connectivity index (χ4n) is 3.10. The van der Waals surface area contributed by atoms with Gasteiger partial charge in [0.25, 0.3) is 5.91 Å². The van der Waals surface area contributed by atoms with E-state index in [1.807, 2.05) is 43.3 Å². The van der Waals surface area contributed by atoms with Crippen molar-refractivity contribution < 1.29 is 9.53 Å². The summed E-state index contributed by atoms with van der Waals surface area (Å²) >= 11 is 6.10. The van der Waals surface area contributed by atoms with Gasteiger partial charge in [-0.25, -0.2) is 9.36 Å². The first kappa shape index (κ1) is 19.7. The van der Waals surface area contributed by atoms with Crippen LogP contribution < -0.4 is 10.1 Å². The van der Waals surface area contributed by atoms with Gasteiger partial charge in [0.05, 0.1) is 29.9 Å². The van der Waals surface area contributed by atoms with Gasteiger partial charge in [-0.3, -0.25) is 4.79 Å². The molecule has 1 amide bonds. The number of carbonyl (C=O) groups excluding carboxylic acids is 1. The molecule has 0 aliphatic carbocycles. The van der Waals surface area contributed by atoms with Crippen LogP contribution in [0.25, 0.3) is 11.4 Å². The molecule has 0 saturated heterocycles. The van der Waals surface area contributed by atoms with E-state index in [0.29, 0.717) is 22.3 Å². The number of ether oxygens (including phenoxy) is 1. The van der Waals surface area contributed by atoms with Gasteiger partial charge in [0.2, 0.25) is 0 Å². The molecule has 0 atom stereocenters. The smallest absolute Gasteiger partial charge is 0.279 e. The highest BCUT2D eigenvalue weighted by Crippen LogP contribution is 2.22. The molecule has 2 aromatic carbocycles. The highest BCUT2D eigenvalue weighted by Gasteiger charge is 2.20. The molecule has 30 heavy (non-hydrogen) atoms. The maximum absolute atomic E-state index is 12.9. The highest BCUT2D eigenvalue weighted by atomic mass is 35.5. The molecule has 0 fully saturated rings. The summed E-state index contributed by atoms with van der Waals surface area (Å²) in [6.07, 6.45) is 0. The van der Waals surface area contributed by atoms with Gasteiger partial charge < -0.3 is 10.1 Å². The van der Waals surface area contributed by atoms with E-state index in [9.17, 15) is 4.79 Å². The molecular formula is C21H19ClN6O2. The van der Waals surface area contributed by atoms with E-state index in [-0.39, 0.29) is 11.6 Å². The van der Waals surface area contributed by atoms with Crippen molar-refractivity contribution in [3.05, 3.63) is 76.7 Å². The standard InChI is InChI=1S/C21H19ClN6O2/c1-13-10-19(28(25-13)16-7-4-6-15(22)11-16)23-21(29)20-14(2)27(26-24-20)17-8-5-9-18(12-17)30-3/h4-12H,1-3H3,(H,23,29). The SMILES string of the molecule is COc1cccc(-n2nnc(C(=O)Nc3cc(C)nn3-c3cccc(Cl)c3)c2C)c1. The summed E-state index contributed by atoms with van der Waals surface area (Å²) in [5.41, 5.74) is 3.06. The molecule has 0 spiro atoms. The Kier molecular flexibility index (Phi) is 5.24. The van der Waals surface area contributed by atoms with Crippen LogP contribution in [0.3, 0.4) is 0 Å². The largest absolute Gasteiger partial charge is 0.497 e. The summed E-state index contributed by atoms with van der Waals surface area (Å²) in [6, 6.07) is 16.4. The maximum atomic E-state index is 12.9. The van der Waals surface area contributed by atoms with Crippen molar-refractivity contribution in [1.29, 1.82) is 0 Å². The van der Waals surface area contributed by atoms with E-state index < -0.39 is 0 Å². The molecule has 0 aliphatic heterocycles. The predicted molar refractivity (Wildman–Crippen MR) is 114 cm³/mol. The van der Waals surface area contributed by atoms with Gasteiger partial charge in [0.1, 0.15) is 11.6 Å². The topological polar surface area (TPSA) is 86.9 Å². The number of halogens is 1. The van der Waals surface area contributed by atoms with Gasteiger partial charge in [-0.1, -0.05) is 28.9 Å². The van der Waals surface area contributed by atoms with E-state index in [0.717, 1.165) is 17.1 Å². The summed E-state index contributed by atoms with van der Waals surface area (Å²) in [7, 11) is 1.59. The number of methoxy groups -OCH3 is 1. The molecule has 0 unspecified atom stereocenters. The summed E-state index contributed by atoms with van der Waals surface area (Å²) < 4.78 is 8.48. The number of rotatable bonds is 5. The molecule has 2 aromatic heterocycles. The quantitative estimate of drug-likeness (QED) is 0.525. The third kappa shape index (κ3) is 3.77. The zero-order chi connectivity index (χ0) is 21.3. The van der Waals surface area contributed by atoms with Crippen molar-refractivity contribution in [3.63, 3.8) is 0 Å². The van der Waals surface area contributed by atoms with E-state index in [2.05, 4.69) is 20.7 Å². The fraction of sp³-hybridized carbons (Fsp3) is 0.143. The van der Waals surface area contributed by atoms with Crippen molar-refractivity contribution >= 4 is 23.3 Å². The van der Waals surface area contributed by atoms with Crippen LogP contribution in [0.2, 0.25) is 5.02 Å². The first-order chi connectivity index (χ1) is 14.5. The number of nitrogens with one attached hydrogen (secondary N) is 1. The lowest BCUT2D eigenvalue weighted by atomic mass is 10.2. The Balaban J connectivity index is 1.64. The Labute approximate surface area is 178 Å². The Bertz CT molecular complexity index is 1230. The molecule has 8 nitrogen and oxygen atoms in total. The molecule has 9 heteroatoms. The molecular weight excluding hydrogens is 404 g/mol. The van der Waals surface area contributed by atoms with Crippen LogP contribution in [-0.4, -0.2) is 37.8 Å². The molecule has 1 N–H and O–H groups in total. The Morgan fingerprint density at radius 2 is 1.77 bits per heavy atom. The van der Waals surface area contributed by atoms with Crippen LogP contribution in [0.15, 0.2) is 54.6 Å². The molecule has 0 saturated carbocycles. The number of carbonyl (C=O) groups is 1. The summed E-state index contributed by atoms with van der Waals surface area (Å²) in [6.45, 7) is 3.63. The summed E-state index contributed by atoms with van der Waals surface area (Å²) in [5.74, 6) is 0.814. The number of benzene rings is 2. The van der Waals surface area contributed by atoms with Crippen LogP contribution in [-0.2, 0) is 0 Å². The van der Waals surface area contributed by atoms with Crippen LogP contribution >= 0.6 is 11.6 Å². The minimum absolute atomic E-state index is 0.217. The number of hydrogen-bond acceptors (Lipinski definition) is 5. The van der Waals surface area contributed by atoms with Crippen molar-refractivity contribution in [1.82, 2.24) is 24.8 Å². The van der Waals surface area contributed by atoms with Gasteiger partial charge in [-0.15, -0.1) is 5.10 Å². The van der Waals surface area contributed by atoms with E-state index in [4.69, 9.17) is 16.3 Å². The minimum Gasteiger partial charge on any atom is -0.497 e. The lowest BCUT2D eigenvalue weighted by Gasteiger charge is -2.09. The molecule has 0 aliphatic rings. The summed E-state index contributed by atoms with van der Waals surface area (Å²) in [4.78, 5) is 12.9. The monoisotopic (exact) mass is 422 g/mol. The number of aromatic nitrogens is 5.